The second-order valence-corrected chi connectivity index (χ2v) is 8.02. The zero-order valence-corrected chi connectivity index (χ0v) is 20.7. The van der Waals surface area contributed by atoms with Crippen LogP contribution in [0.1, 0.15) is 28.8 Å². The quantitative estimate of drug-likeness (QED) is 0.135. The average Bonchev–Trinajstić information content (AvgIpc) is 3.46. The first-order chi connectivity index (χ1) is 18.2. The van der Waals surface area contributed by atoms with Gasteiger partial charge in [0.1, 0.15) is 17.7 Å². The number of hydrogen-bond acceptors (Lipinski definition) is 10. The van der Waals surface area contributed by atoms with E-state index in [0.717, 1.165) is 11.1 Å². The van der Waals surface area contributed by atoms with Crippen molar-refractivity contribution in [3.05, 3.63) is 80.5 Å². The molecule has 0 radical (unpaired) electrons. The van der Waals surface area contributed by atoms with Crippen LogP contribution in [0, 0.1) is 10.1 Å². The van der Waals surface area contributed by atoms with E-state index in [-0.39, 0.29) is 58.5 Å². The Kier molecular flexibility index (Phi) is 7.58. The zero-order chi connectivity index (χ0) is 27.4. The van der Waals surface area contributed by atoms with Crippen LogP contribution in [0.5, 0.6) is 17.4 Å². The first-order valence-electron chi connectivity index (χ1n) is 11.0. The van der Waals surface area contributed by atoms with E-state index < -0.39 is 22.8 Å². The number of rotatable bonds is 9. The van der Waals surface area contributed by atoms with Crippen LogP contribution in [-0.2, 0) is 16.1 Å². The lowest BCUT2D eigenvalue weighted by molar-refractivity contribution is -0.385. The number of carbonyl (C=O) groups excluding carboxylic acids is 3. The smallest absolute Gasteiger partial charge is 0.373 e. The number of carbonyl (C=O) groups is 3. The lowest BCUT2D eigenvalue weighted by Crippen LogP contribution is -2.30. The molecule has 0 bridgehead atoms. The molecule has 13 nitrogen and oxygen atoms in total. The van der Waals surface area contributed by atoms with Crippen molar-refractivity contribution < 1.29 is 37.9 Å². The van der Waals surface area contributed by atoms with Crippen molar-refractivity contribution >= 4 is 41.3 Å². The van der Waals surface area contributed by atoms with Crippen LogP contribution in [0.25, 0.3) is 6.08 Å². The maximum atomic E-state index is 12.9. The Balaban J connectivity index is 1.56. The highest BCUT2D eigenvalue weighted by Crippen LogP contribution is 2.40. The van der Waals surface area contributed by atoms with E-state index in [4.69, 9.17) is 25.5 Å². The largest absolute Gasteiger partial charge is 0.490 e. The van der Waals surface area contributed by atoms with E-state index >= 15 is 0 Å². The molecule has 0 aliphatic carbocycles. The van der Waals surface area contributed by atoms with Crippen molar-refractivity contribution in [3.8, 4) is 17.4 Å². The van der Waals surface area contributed by atoms with Gasteiger partial charge in [0.2, 0.25) is 11.6 Å². The maximum absolute atomic E-state index is 12.9. The van der Waals surface area contributed by atoms with Gasteiger partial charge < -0.3 is 23.9 Å². The van der Waals surface area contributed by atoms with Gasteiger partial charge in [0, 0.05) is 12.1 Å². The Hall–Kier alpha value is -4.91. The molecule has 196 valence electrons. The molecule has 3 heterocycles. The van der Waals surface area contributed by atoms with Crippen LogP contribution < -0.4 is 14.8 Å². The molecule has 3 aromatic rings. The number of methoxy groups -OCH3 is 1. The summed E-state index contributed by atoms with van der Waals surface area (Å²) in [7, 11) is 1.20. The molecule has 1 fully saturated rings. The minimum absolute atomic E-state index is 0.0287. The van der Waals surface area contributed by atoms with E-state index in [2.05, 4.69) is 15.0 Å². The number of imide groups is 1. The molecule has 0 spiro atoms. The fourth-order valence-electron chi connectivity index (χ4n) is 3.39. The lowest BCUT2D eigenvalue weighted by atomic mass is 10.1. The minimum Gasteiger partial charge on any atom is -0.490 e. The van der Waals surface area contributed by atoms with Crippen LogP contribution in [0.3, 0.4) is 0 Å². The number of urea groups is 1. The lowest BCUT2D eigenvalue weighted by Gasteiger charge is -2.14. The molecular formula is C24H19ClN4O9. The Labute approximate surface area is 219 Å². The topological polar surface area (TPSA) is 163 Å². The number of furan rings is 1. The van der Waals surface area contributed by atoms with Gasteiger partial charge in [0.05, 0.1) is 30.2 Å². The summed E-state index contributed by atoms with van der Waals surface area (Å²) >= 11 is 6.43. The summed E-state index contributed by atoms with van der Waals surface area (Å²) in [5.74, 6) is -0.797. The molecule has 3 amide bonds. The van der Waals surface area contributed by atoms with E-state index in [0.29, 0.717) is 5.56 Å². The molecule has 0 unspecified atom stereocenters. The second-order valence-electron chi connectivity index (χ2n) is 7.61. The molecule has 1 aliphatic heterocycles. The summed E-state index contributed by atoms with van der Waals surface area (Å²) in [6.07, 6.45) is 2.45. The van der Waals surface area contributed by atoms with Crippen LogP contribution in [0.15, 0.2) is 52.7 Å². The van der Waals surface area contributed by atoms with Crippen LogP contribution in [0.4, 0.5) is 10.5 Å². The molecule has 2 aromatic heterocycles. The van der Waals surface area contributed by atoms with Crippen molar-refractivity contribution in [2.45, 2.75) is 13.5 Å². The summed E-state index contributed by atoms with van der Waals surface area (Å²) in [5.41, 5.74) is 0.182. The summed E-state index contributed by atoms with van der Waals surface area (Å²) in [4.78, 5) is 52.0. The number of hydrogen-bond donors (Lipinski definition) is 1. The SMILES string of the molecule is CCOc1cc(/C=C2\NC(=O)N(Cc3ccc(C(=O)OC)o3)C2=O)cc(Cl)c1Oc1ccc([N+](=O)[O-])cn1. The van der Waals surface area contributed by atoms with Crippen molar-refractivity contribution in [1.82, 2.24) is 15.2 Å². The molecule has 4 rings (SSSR count). The Bertz CT molecular complexity index is 1450. The third-order valence-corrected chi connectivity index (χ3v) is 5.39. The number of ether oxygens (including phenoxy) is 3. The van der Waals surface area contributed by atoms with Crippen molar-refractivity contribution in [2.75, 3.05) is 13.7 Å². The first-order valence-corrected chi connectivity index (χ1v) is 11.3. The molecular weight excluding hydrogens is 524 g/mol. The van der Waals surface area contributed by atoms with Crippen LogP contribution in [0.2, 0.25) is 5.02 Å². The summed E-state index contributed by atoms with van der Waals surface area (Å²) < 4.78 is 21.2. The normalized spacial score (nSPS) is 14.0. The summed E-state index contributed by atoms with van der Waals surface area (Å²) in [5, 5.41) is 13.4. The van der Waals surface area contributed by atoms with Crippen LogP contribution in [-0.4, -0.2) is 46.4 Å². The number of esters is 1. The second kappa shape index (κ2) is 11.0. The van der Waals surface area contributed by atoms with Gasteiger partial charge in [-0.05, 0) is 42.8 Å². The highest BCUT2D eigenvalue weighted by atomic mass is 35.5. The Morgan fingerprint density at radius 1 is 1.26 bits per heavy atom. The molecule has 1 N–H and O–H groups in total. The Morgan fingerprint density at radius 3 is 2.71 bits per heavy atom. The van der Waals surface area contributed by atoms with E-state index in [1.807, 2.05) is 0 Å². The molecule has 1 aromatic carbocycles. The number of nitrogens with zero attached hydrogens (tertiary/aromatic N) is 3. The highest BCUT2D eigenvalue weighted by molar-refractivity contribution is 6.32. The van der Waals surface area contributed by atoms with Crippen molar-refractivity contribution in [2.24, 2.45) is 0 Å². The zero-order valence-electron chi connectivity index (χ0n) is 19.9. The summed E-state index contributed by atoms with van der Waals surface area (Å²) in [6.45, 7) is 1.78. The van der Waals surface area contributed by atoms with Gasteiger partial charge in [-0.1, -0.05) is 11.6 Å². The molecule has 14 heteroatoms. The van der Waals surface area contributed by atoms with Gasteiger partial charge in [0.15, 0.2) is 11.5 Å². The summed E-state index contributed by atoms with van der Waals surface area (Å²) in [6, 6.07) is 7.72. The molecule has 0 atom stereocenters. The Morgan fingerprint density at radius 2 is 2.05 bits per heavy atom. The van der Waals surface area contributed by atoms with Crippen molar-refractivity contribution in [1.29, 1.82) is 0 Å². The van der Waals surface area contributed by atoms with Crippen LogP contribution >= 0.6 is 11.6 Å². The standard InChI is InChI=1S/C24H19ClN4O9/c1-3-36-19-10-13(8-16(25)21(19)38-20-7-4-14(11-26-20)29(33)34)9-17-22(30)28(24(32)27-17)12-15-5-6-18(37-15)23(31)35-2/h4-11H,3,12H2,1-2H3,(H,27,32)/b17-9-. The number of benzene rings is 1. The minimum atomic E-state index is -0.687. The third-order valence-electron chi connectivity index (χ3n) is 5.11. The maximum Gasteiger partial charge on any atom is 0.373 e. The molecule has 1 saturated heterocycles. The molecule has 0 saturated carbocycles. The van der Waals surface area contributed by atoms with E-state index in [1.54, 1.807) is 13.0 Å². The number of nitrogens with one attached hydrogen (secondary N) is 1. The predicted octanol–water partition coefficient (Wildman–Crippen LogP) is 4.31. The van der Waals surface area contributed by atoms with Crippen molar-refractivity contribution in [3.63, 3.8) is 0 Å². The van der Waals surface area contributed by atoms with E-state index in [9.17, 15) is 24.5 Å². The fraction of sp³-hybridized carbons (Fsp3) is 0.167. The number of pyridine rings is 1. The predicted molar refractivity (Wildman–Crippen MR) is 131 cm³/mol. The van der Waals surface area contributed by atoms with Gasteiger partial charge in [-0.2, -0.15) is 0 Å². The monoisotopic (exact) mass is 542 g/mol. The average molecular weight is 543 g/mol. The number of nitro groups is 1. The third kappa shape index (κ3) is 5.57. The van der Waals surface area contributed by atoms with Gasteiger partial charge in [0.25, 0.3) is 11.6 Å². The number of amides is 3. The first kappa shape index (κ1) is 26.2. The molecule has 1 aliphatic rings. The molecule has 38 heavy (non-hydrogen) atoms. The number of halogens is 1. The van der Waals surface area contributed by atoms with E-state index in [1.165, 1.54) is 43.5 Å². The van der Waals surface area contributed by atoms with Gasteiger partial charge >= 0.3 is 12.0 Å². The number of aromatic nitrogens is 1. The highest BCUT2D eigenvalue weighted by Gasteiger charge is 2.34. The van der Waals surface area contributed by atoms with Gasteiger partial charge in [-0.3, -0.25) is 19.8 Å². The van der Waals surface area contributed by atoms with Gasteiger partial charge in [-0.15, -0.1) is 0 Å². The van der Waals surface area contributed by atoms with Gasteiger partial charge in [-0.25, -0.2) is 14.6 Å². The fourth-order valence-corrected chi connectivity index (χ4v) is 3.65.